The van der Waals surface area contributed by atoms with Crippen LogP contribution in [0.1, 0.15) is 58.8 Å². The molecule has 1 N–H and O–H groups in total. The molecule has 102 valence electrons. The first-order valence-corrected chi connectivity index (χ1v) is 7.65. The predicted molar refractivity (Wildman–Crippen MR) is 76.4 cm³/mol. The summed E-state index contributed by atoms with van der Waals surface area (Å²) >= 11 is 0. The van der Waals surface area contributed by atoms with Crippen molar-refractivity contribution in [3.05, 3.63) is 0 Å². The van der Waals surface area contributed by atoms with E-state index in [0.717, 1.165) is 18.5 Å². The topological polar surface area (TPSA) is 15.3 Å². The Bertz CT molecular complexity index is 176. The third-order valence-corrected chi connectivity index (χ3v) is 4.25. The van der Waals surface area contributed by atoms with Gasteiger partial charge in [-0.05, 0) is 58.7 Å². The van der Waals surface area contributed by atoms with E-state index in [-0.39, 0.29) is 0 Å². The molecule has 2 heteroatoms. The van der Waals surface area contributed by atoms with Crippen LogP contribution in [-0.4, -0.2) is 37.6 Å². The molecule has 1 fully saturated rings. The van der Waals surface area contributed by atoms with E-state index < -0.39 is 0 Å². The van der Waals surface area contributed by atoms with Crippen molar-refractivity contribution in [1.82, 2.24) is 10.2 Å². The van der Waals surface area contributed by atoms with Gasteiger partial charge in [-0.15, -0.1) is 0 Å². The fourth-order valence-corrected chi connectivity index (χ4v) is 2.88. The highest BCUT2D eigenvalue weighted by atomic mass is 15.1. The van der Waals surface area contributed by atoms with Gasteiger partial charge in [0.1, 0.15) is 0 Å². The molecule has 0 aliphatic heterocycles. The standard InChI is InChI=1S/C15H32N2/c1-4-16-12-8-9-14(2)17(3)13-15-10-6-5-7-11-15/h14-16H,4-13H2,1-3H3. The lowest BCUT2D eigenvalue weighted by atomic mass is 9.88. The molecule has 1 rings (SSSR count). The molecule has 0 amide bonds. The van der Waals surface area contributed by atoms with Crippen molar-refractivity contribution in [1.29, 1.82) is 0 Å². The molecule has 1 aliphatic carbocycles. The van der Waals surface area contributed by atoms with Crippen molar-refractivity contribution in [3.8, 4) is 0 Å². The fourth-order valence-electron chi connectivity index (χ4n) is 2.88. The monoisotopic (exact) mass is 240 g/mol. The molecular formula is C15H32N2. The number of rotatable bonds is 8. The molecule has 0 radical (unpaired) electrons. The maximum Gasteiger partial charge on any atom is 0.00644 e. The van der Waals surface area contributed by atoms with Gasteiger partial charge in [0.2, 0.25) is 0 Å². The summed E-state index contributed by atoms with van der Waals surface area (Å²) < 4.78 is 0. The van der Waals surface area contributed by atoms with Crippen molar-refractivity contribution in [2.45, 2.75) is 64.8 Å². The van der Waals surface area contributed by atoms with E-state index in [0.29, 0.717) is 0 Å². The van der Waals surface area contributed by atoms with Crippen LogP contribution in [0.2, 0.25) is 0 Å². The Morgan fingerprint density at radius 1 is 1.24 bits per heavy atom. The van der Waals surface area contributed by atoms with Crippen LogP contribution in [0.25, 0.3) is 0 Å². The molecule has 0 aromatic carbocycles. The molecule has 1 saturated carbocycles. The summed E-state index contributed by atoms with van der Waals surface area (Å²) in [6.45, 7) is 8.17. The lowest BCUT2D eigenvalue weighted by Gasteiger charge is -2.31. The van der Waals surface area contributed by atoms with E-state index in [4.69, 9.17) is 0 Å². The van der Waals surface area contributed by atoms with Gasteiger partial charge in [-0.2, -0.15) is 0 Å². The molecule has 0 heterocycles. The van der Waals surface area contributed by atoms with Gasteiger partial charge in [0, 0.05) is 12.6 Å². The Kier molecular flexibility index (Phi) is 7.87. The minimum Gasteiger partial charge on any atom is -0.317 e. The number of hydrogen-bond donors (Lipinski definition) is 1. The van der Waals surface area contributed by atoms with Crippen LogP contribution < -0.4 is 5.32 Å². The Morgan fingerprint density at radius 3 is 2.59 bits per heavy atom. The number of nitrogens with one attached hydrogen (secondary N) is 1. The lowest BCUT2D eigenvalue weighted by Crippen LogP contribution is -2.34. The Morgan fingerprint density at radius 2 is 1.94 bits per heavy atom. The van der Waals surface area contributed by atoms with Crippen LogP contribution in [-0.2, 0) is 0 Å². The molecule has 0 aromatic rings. The van der Waals surface area contributed by atoms with Crippen LogP contribution >= 0.6 is 0 Å². The smallest absolute Gasteiger partial charge is 0.00644 e. The molecule has 1 unspecified atom stereocenters. The predicted octanol–water partition coefficient (Wildman–Crippen LogP) is 3.28. The second kappa shape index (κ2) is 8.93. The SMILES string of the molecule is CCNCCCC(C)N(C)CC1CCCCC1. The Hall–Kier alpha value is -0.0800. The van der Waals surface area contributed by atoms with Crippen LogP contribution in [0.5, 0.6) is 0 Å². The number of nitrogens with zero attached hydrogens (tertiary/aromatic N) is 1. The highest BCUT2D eigenvalue weighted by Gasteiger charge is 2.17. The van der Waals surface area contributed by atoms with Crippen molar-refractivity contribution in [2.24, 2.45) is 5.92 Å². The summed E-state index contributed by atoms with van der Waals surface area (Å²) in [5, 5.41) is 3.41. The zero-order valence-electron chi connectivity index (χ0n) is 12.2. The zero-order valence-corrected chi connectivity index (χ0v) is 12.2. The summed E-state index contributed by atoms with van der Waals surface area (Å²) in [5.74, 6) is 0.977. The van der Waals surface area contributed by atoms with Gasteiger partial charge in [-0.1, -0.05) is 26.2 Å². The van der Waals surface area contributed by atoms with Gasteiger partial charge in [-0.25, -0.2) is 0 Å². The molecular weight excluding hydrogens is 208 g/mol. The maximum atomic E-state index is 3.41. The van der Waals surface area contributed by atoms with Gasteiger partial charge in [0.25, 0.3) is 0 Å². The third-order valence-electron chi connectivity index (χ3n) is 4.25. The van der Waals surface area contributed by atoms with Crippen LogP contribution in [0, 0.1) is 5.92 Å². The van der Waals surface area contributed by atoms with Crippen LogP contribution in [0.4, 0.5) is 0 Å². The van der Waals surface area contributed by atoms with Crippen molar-refractivity contribution in [2.75, 3.05) is 26.7 Å². The quantitative estimate of drug-likeness (QED) is 0.655. The lowest BCUT2D eigenvalue weighted by molar-refractivity contribution is 0.183. The average Bonchev–Trinajstić information content (AvgIpc) is 2.35. The first kappa shape index (κ1) is 15.0. The highest BCUT2D eigenvalue weighted by Crippen LogP contribution is 2.24. The molecule has 2 nitrogen and oxygen atoms in total. The molecule has 1 atom stereocenters. The Labute approximate surface area is 108 Å². The highest BCUT2D eigenvalue weighted by molar-refractivity contribution is 4.72. The Balaban J connectivity index is 2.10. The summed E-state index contributed by atoms with van der Waals surface area (Å²) in [6.07, 6.45) is 9.97. The van der Waals surface area contributed by atoms with Gasteiger partial charge < -0.3 is 10.2 Å². The second-order valence-electron chi connectivity index (χ2n) is 5.79. The van der Waals surface area contributed by atoms with Crippen LogP contribution in [0.15, 0.2) is 0 Å². The second-order valence-corrected chi connectivity index (χ2v) is 5.79. The zero-order chi connectivity index (χ0) is 12.5. The van der Waals surface area contributed by atoms with E-state index in [1.807, 2.05) is 0 Å². The van der Waals surface area contributed by atoms with Gasteiger partial charge in [0.05, 0.1) is 0 Å². The van der Waals surface area contributed by atoms with Crippen molar-refractivity contribution < 1.29 is 0 Å². The fraction of sp³-hybridized carbons (Fsp3) is 1.00. The van der Waals surface area contributed by atoms with Crippen molar-refractivity contribution in [3.63, 3.8) is 0 Å². The molecule has 17 heavy (non-hydrogen) atoms. The minimum absolute atomic E-state index is 0.746. The van der Waals surface area contributed by atoms with Gasteiger partial charge in [-0.3, -0.25) is 0 Å². The van der Waals surface area contributed by atoms with Crippen molar-refractivity contribution >= 4 is 0 Å². The molecule has 0 bridgehead atoms. The summed E-state index contributed by atoms with van der Waals surface area (Å²) in [7, 11) is 2.31. The molecule has 0 aromatic heterocycles. The van der Waals surface area contributed by atoms with E-state index >= 15 is 0 Å². The summed E-state index contributed by atoms with van der Waals surface area (Å²) in [4.78, 5) is 2.59. The first-order valence-electron chi connectivity index (χ1n) is 7.65. The normalized spacial score (nSPS) is 19.8. The molecule has 0 saturated heterocycles. The van der Waals surface area contributed by atoms with E-state index in [9.17, 15) is 0 Å². The summed E-state index contributed by atoms with van der Waals surface area (Å²) in [6, 6.07) is 0.746. The van der Waals surface area contributed by atoms with Crippen LogP contribution in [0.3, 0.4) is 0 Å². The number of hydrogen-bond acceptors (Lipinski definition) is 2. The third kappa shape index (κ3) is 6.42. The minimum atomic E-state index is 0.746. The van der Waals surface area contributed by atoms with Gasteiger partial charge in [0.15, 0.2) is 0 Å². The summed E-state index contributed by atoms with van der Waals surface area (Å²) in [5.41, 5.74) is 0. The maximum absolute atomic E-state index is 3.41. The van der Waals surface area contributed by atoms with E-state index in [2.05, 4.69) is 31.1 Å². The molecule has 0 spiro atoms. The first-order chi connectivity index (χ1) is 8.24. The largest absolute Gasteiger partial charge is 0.317 e. The van der Waals surface area contributed by atoms with Gasteiger partial charge >= 0.3 is 0 Å². The average molecular weight is 240 g/mol. The van der Waals surface area contributed by atoms with E-state index in [1.165, 1.54) is 58.0 Å². The van der Waals surface area contributed by atoms with E-state index in [1.54, 1.807) is 0 Å². The molecule has 1 aliphatic rings.